The zero-order valence-electron chi connectivity index (χ0n) is 19.0. The van der Waals surface area contributed by atoms with Crippen molar-refractivity contribution < 1.29 is 0 Å². The number of hydrogen-bond donors (Lipinski definition) is 1. The van der Waals surface area contributed by atoms with E-state index in [1.807, 2.05) is 17.9 Å². The van der Waals surface area contributed by atoms with Crippen molar-refractivity contribution in [2.24, 2.45) is 12.0 Å². The van der Waals surface area contributed by atoms with Gasteiger partial charge < -0.3 is 10.2 Å². The molecule has 0 spiro atoms. The second kappa shape index (κ2) is 11.2. The summed E-state index contributed by atoms with van der Waals surface area (Å²) in [5, 5.41) is 7.97. The van der Waals surface area contributed by atoms with Crippen LogP contribution in [-0.4, -0.2) is 70.3 Å². The molecule has 4 rings (SSSR count). The number of aliphatic imine (C=N–C) groups is 1. The molecule has 0 radical (unpaired) electrons. The Bertz CT molecular complexity index is 675. The molecule has 1 unspecified atom stereocenters. The average molecular weight is 529 g/mol. The lowest BCUT2D eigenvalue weighted by molar-refractivity contribution is 0.0406. The number of rotatable bonds is 5. The Morgan fingerprint density at radius 2 is 1.87 bits per heavy atom. The molecule has 1 saturated carbocycles. The van der Waals surface area contributed by atoms with Crippen molar-refractivity contribution in [2.45, 2.75) is 76.2 Å². The normalized spacial score (nSPS) is 25.2. The van der Waals surface area contributed by atoms with Gasteiger partial charge in [0.1, 0.15) is 0 Å². The molecule has 3 fully saturated rings. The summed E-state index contributed by atoms with van der Waals surface area (Å²) in [6.45, 7) is 8.77. The number of aromatic nitrogens is 2. The molecule has 1 N–H and O–H groups in total. The Kier molecular flexibility index (Phi) is 8.86. The Balaban J connectivity index is 0.00000256. The lowest BCUT2D eigenvalue weighted by atomic mass is 9.79. The summed E-state index contributed by atoms with van der Waals surface area (Å²) in [5.41, 5.74) is 1.67. The number of nitrogens with one attached hydrogen (secondary N) is 1. The van der Waals surface area contributed by atoms with Gasteiger partial charge in [0.2, 0.25) is 0 Å². The number of halogens is 1. The van der Waals surface area contributed by atoms with Gasteiger partial charge in [-0.25, -0.2) is 0 Å². The standard InChI is InChI=1S/C23H40N6.HI/c1-3-24-22(28-15-10-20(18-28)21-16-26-27(2)17-21)25-19-23(11-6-4-7-12-23)29-13-8-5-9-14-29;/h16-17,20H,3-15,18-19H2,1-2H3,(H,24,25);1H. The molecule has 1 aromatic rings. The van der Waals surface area contributed by atoms with Gasteiger partial charge in [-0.15, -0.1) is 24.0 Å². The minimum atomic E-state index is 0. The van der Waals surface area contributed by atoms with Gasteiger partial charge >= 0.3 is 0 Å². The second-order valence-corrected chi connectivity index (χ2v) is 9.38. The second-order valence-electron chi connectivity index (χ2n) is 9.38. The molecule has 1 aliphatic carbocycles. The van der Waals surface area contributed by atoms with Crippen LogP contribution in [0.1, 0.15) is 76.2 Å². The first kappa shape index (κ1) is 23.8. The third kappa shape index (κ3) is 5.50. The van der Waals surface area contributed by atoms with Crippen molar-refractivity contribution in [3.05, 3.63) is 18.0 Å². The number of piperidine rings is 1. The fraction of sp³-hybridized carbons (Fsp3) is 0.826. The van der Waals surface area contributed by atoms with E-state index in [2.05, 4.69) is 33.3 Å². The average Bonchev–Trinajstić information content (AvgIpc) is 3.42. The first-order chi connectivity index (χ1) is 14.2. The summed E-state index contributed by atoms with van der Waals surface area (Å²) < 4.78 is 1.92. The third-order valence-electron chi connectivity index (χ3n) is 7.35. The summed E-state index contributed by atoms with van der Waals surface area (Å²) >= 11 is 0. The van der Waals surface area contributed by atoms with E-state index in [1.54, 1.807) is 0 Å². The highest BCUT2D eigenvalue weighted by atomic mass is 127. The highest BCUT2D eigenvalue weighted by Gasteiger charge is 2.38. The molecular formula is C23H41IN6. The Morgan fingerprint density at radius 3 is 2.53 bits per heavy atom. The minimum Gasteiger partial charge on any atom is -0.357 e. The van der Waals surface area contributed by atoms with Gasteiger partial charge in [-0.2, -0.15) is 5.10 Å². The van der Waals surface area contributed by atoms with Crippen molar-refractivity contribution in [3.63, 3.8) is 0 Å². The topological polar surface area (TPSA) is 48.7 Å². The molecule has 0 aromatic carbocycles. The summed E-state index contributed by atoms with van der Waals surface area (Å²) in [7, 11) is 2.01. The van der Waals surface area contributed by atoms with Crippen LogP contribution >= 0.6 is 24.0 Å². The van der Waals surface area contributed by atoms with Crippen LogP contribution in [0.5, 0.6) is 0 Å². The van der Waals surface area contributed by atoms with Crippen molar-refractivity contribution in [2.75, 3.05) is 39.3 Å². The molecule has 7 heteroatoms. The largest absolute Gasteiger partial charge is 0.357 e. The smallest absolute Gasteiger partial charge is 0.194 e. The first-order valence-electron chi connectivity index (χ1n) is 12.0. The van der Waals surface area contributed by atoms with Crippen molar-refractivity contribution in [3.8, 4) is 0 Å². The molecule has 3 aliphatic rings. The molecule has 170 valence electrons. The van der Waals surface area contributed by atoms with E-state index in [4.69, 9.17) is 4.99 Å². The molecular weight excluding hydrogens is 487 g/mol. The molecule has 2 aliphatic heterocycles. The van der Waals surface area contributed by atoms with Crippen molar-refractivity contribution >= 4 is 29.9 Å². The summed E-state index contributed by atoms with van der Waals surface area (Å²) in [4.78, 5) is 10.6. The van der Waals surface area contributed by atoms with E-state index in [0.29, 0.717) is 11.5 Å². The van der Waals surface area contributed by atoms with E-state index >= 15 is 0 Å². The number of aryl methyl sites for hydroxylation is 1. The fourth-order valence-electron chi connectivity index (χ4n) is 5.68. The predicted octanol–water partition coefficient (Wildman–Crippen LogP) is 3.98. The van der Waals surface area contributed by atoms with Crippen molar-refractivity contribution in [1.29, 1.82) is 0 Å². The zero-order valence-corrected chi connectivity index (χ0v) is 21.3. The van der Waals surface area contributed by atoms with Gasteiger partial charge in [0.15, 0.2) is 5.96 Å². The Labute approximate surface area is 199 Å². The lowest BCUT2D eigenvalue weighted by Gasteiger charge is -2.47. The molecule has 1 atom stereocenters. The van der Waals surface area contributed by atoms with Crippen LogP contribution < -0.4 is 5.32 Å². The van der Waals surface area contributed by atoms with Crippen LogP contribution in [0.25, 0.3) is 0 Å². The number of guanidine groups is 1. The highest BCUT2D eigenvalue weighted by molar-refractivity contribution is 14.0. The first-order valence-corrected chi connectivity index (χ1v) is 12.0. The van der Waals surface area contributed by atoms with Gasteiger partial charge in [-0.3, -0.25) is 14.6 Å². The molecule has 1 aromatic heterocycles. The maximum Gasteiger partial charge on any atom is 0.194 e. The van der Waals surface area contributed by atoms with Crippen LogP contribution in [0.15, 0.2) is 17.4 Å². The summed E-state index contributed by atoms with van der Waals surface area (Å²) in [5.74, 6) is 1.69. The van der Waals surface area contributed by atoms with Gasteiger partial charge in [0.25, 0.3) is 0 Å². The predicted molar refractivity (Wildman–Crippen MR) is 135 cm³/mol. The van der Waals surface area contributed by atoms with Crippen LogP contribution in [0.4, 0.5) is 0 Å². The fourth-order valence-corrected chi connectivity index (χ4v) is 5.68. The third-order valence-corrected chi connectivity index (χ3v) is 7.35. The molecule has 2 saturated heterocycles. The lowest BCUT2D eigenvalue weighted by Crippen LogP contribution is -2.54. The van der Waals surface area contributed by atoms with E-state index in [-0.39, 0.29) is 24.0 Å². The molecule has 3 heterocycles. The maximum absolute atomic E-state index is 5.27. The van der Waals surface area contributed by atoms with Crippen LogP contribution in [-0.2, 0) is 7.05 Å². The quantitative estimate of drug-likeness (QED) is 0.357. The Hall–Kier alpha value is -0.830. The van der Waals surface area contributed by atoms with Crippen LogP contribution in [0.3, 0.4) is 0 Å². The van der Waals surface area contributed by atoms with E-state index in [0.717, 1.165) is 32.1 Å². The summed E-state index contributed by atoms with van der Waals surface area (Å²) in [6.07, 6.45) is 16.3. The minimum absolute atomic E-state index is 0. The highest BCUT2D eigenvalue weighted by Crippen LogP contribution is 2.36. The van der Waals surface area contributed by atoms with Gasteiger partial charge in [-0.1, -0.05) is 25.7 Å². The zero-order chi connectivity index (χ0) is 20.1. The van der Waals surface area contributed by atoms with E-state index in [1.165, 1.54) is 76.4 Å². The number of nitrogens with zero attached hydrogens (tertiary/aromatic N) is 5. The van der Waals surface area contributed by atoms with Crippen molar-refractivity contribution in [1.82, 2.24) is 24.9 Å². The number of hydrogen-bond acceptors (Lipinski definition) is 3. The van der Waals surface area contributed by atoms with Gasteiger partial charge in [0, 0.05) is 44.3 Å². The molecule has 30 heavy (non-hydrogen) atoms. The molecule has 6 nitrogen and oxygen atoms in total. The monoisotopic (exact) mass is 528 g/mol. The number of likely N-dealkylation sites (tertiary alicyclic amines) is 2. The van der Waals surface area contributed by atoms with Crippen LogP contribution in [0.2, 0.25) is 0 Å². The maximum atomic E-state index is 5.27. The van der Waals surface area contributed by atoms with Gasteiger partial charge in [-0.05, 0) is 57.7 Å². The summed E-state index contributed by atoms with van der Waals surface area (Å²) in [6, 6.07) is 0. The van der Waals surface area contributed by atoms with E-state index in [9.17, 15) is 0 Å². The molecule has 0 amide bonds. The SMILES string of the molecule is CCNC(=NCC1(N2CCCCC2)CCCCC1)N1CCC(c2cnn(C)c2)C1.I. The molecule has 0 bridgehead atoms. The van der Waals surface area contributed by atoms with Crippen LogP contribution in [0, 0.1) is 0 Å². The Morgan fingerprint density at radius 1 is 1.13 bits per heavy atom. The van der Waals surface area contributed by atoms with Gasteiger partial charge in [0.05, 0.1) is 12.7 Å². The van der Waals surface area contributed by atoms with E-state index < -0.39 is 0 Å².